The Labute approximate surface area is 109 Å². The van der Waals surface area contributed by atoms with E-state index in [1.807, 2.05) is 29.2 Å². The minimum Gasteiger partial charge on any atom is -0.338 e. The van der Waals surface area contributed by atoms with Crippen LogP contribution < -0.4 is 5.73 Å². The first-order chi connectivity index (χ1) is 8.61. The van der Waals surface area contributed by atoms with Gasteiger partial charge in [0.2, 0.25) is 0 Å². The maximum absolute atomic E-state index is 12.4. The molecule has 1 aliphatic rings. The Hall–Kier alpha value is -1.35. The number of nitrogens with two attached hydrogens (primary N) is 1. The molecular formula is C15H22N2O. The van der Waals surface area contributed by atoms with E-state index in [0.717, 1.165) is 30.6 Å². The van der Waals surface area contributed by atoms with E-state index in [1.165, 1.54) is 0 Å². The van der Waals surface area contributed by atoms with Crippen molar-refractivity contribution in [3.8, 4) is 0 Å². The summed E-state index contributed by atoms with van der Waals surface area (Å²) in [6.07, 6.45) is 0.827. The van der Waals surface area contributed by atoms with Gasteiger partial charge in [-0.3, -0.25) is 4.79 Å². The van der Waals surface area contributed by atoms with E-state index in [0.29, 0.717) is 18.4 Å². The molecule has 18 heavy (non-hydrogen) atoms. The fourth-order valence-corrected chi connectivity index (χ4v) is 2.50. The first kappa shape index (κ1) is 13.1. The lowest BCUT2D eigenvalue weighted by atomic mass is 10.0. The summed E-state index contributed by atoms with van der Waals surface area (Å²) in [5, 5.41) is 0. The number of hydrogen-bond acceptors (Lipinski definition) is 2. The van der Waals surface area contributed by atoms with Crippen LogP contribution in [0.15, 0.2) is 24.3 Å². The third kappa shape index (κ3) is 2.72. The van der Waals surface area contributed by atoms with Gasteiger partial charge in [0.25, 0.3) is 5.91 Å². The molecule has 0 aliphatic carbocycles. The zero-order valence-corrected chi connectivity index (χ0v) is 11.2. The molecule has 1 fully saturated rings. The summed E-state index contributed by atoms with van der Waals surface area (Å²) in [7, 11) is 0. The van der Waals surface area contributed by atoms with Gasteiger partial charge in [-0.05, 0) is 42.5 Å². The van der Waals surface area contributed by atoms with Crippen LogP contribution in [0.3, 0.4) is 0 Å². The normalized spacial score (nSPS) is 23.4. The maximum Gasteiger partial charge on any atom is 0.253 e. The smallest absolute Gasteiger partial charge is 0.253 e. The Morgan fingerprint density at radius 2 is 2.00 bits per heavy atom. The van der Waals surface area contributed by atoms with E-state index in [4.69, 9.17) is 5.73 Å². The highest BCUT2D eigenvalue weighted by Crippen LogP contribution is 2.23. The van der Waals surface area contributed by atoms with Gasteiger partial charge >= 0.3 is 0 Å². The summed E-state index contributed by atoms with van der Waals surface area (Å²) in [6.45, 7) is 6.79. The second-order valence-electron chi connectivity index (χ2n) is 5.40. The lowest BCUT2D eigenvalue weighted by Crippen LogP contribution is -2.28. The number of carbonyl (C=O) groups is 1. The van der Waals surface area contributed by atoms with Crippen molar-refractivity contribution in [2.45, 2.75) is 20.3 Å². The van der Waals surface area contributed by atoms with Gasteiger partial charge in [0, 0.05) is 18.7 Å². The Balaban J connectivity index is 2.11. The summed E-state index contributed by atoms with van der Waals surface area (Å²) in [6, 6.07) is 7.85. The molecule has 3 nitrogen and oxygen atoms in total. The van der Waals surface area contributed by atoms with Crippen molar-refractivity contribution in [2.24, 2.45) is 17.6 Å². The van der Waals surface area contributed by atoms with Crippen molar-refractivity contribution < 1.29 is 4.79 Å². The molecule has 0 aromatic heterocycles. The van der Waals surface area contributed by atoms with Crippen LogP contribution in [0.5, 0.6) is 0 Å². The molecule has 2 rings (SSSR count). The average molecular weight is 246 g/mol. The second-order valence-corrected chi connectivity index (χ2v) is 5.40. The maximum atomic E-state index is 12.4. The second kappa shape index (κ2) is 5.53. The van der Waals surface area contributed by atoms with Crippen molar-refractivity contribution in [3.63, 3.8) is 0 Å². The third-order valence-corrected chi connectivity index (χ3v) is 3.88. The summed E-state index contributed by atoms with van der Waals surface area (Å²) < 4.78 is 0. The van der Waals surface area contributed by atoms with Crippen molar-refractivity contribution in [1.82, 2.24) is 4.90 Å². The molecule has 98 valence electrons. The van der Waals surface area contributed by atoms with Crippen molar-refractivity contribution >= 4 is 5.91 Å². The van der Waals surface area contributed by atoms with Gasteiger partial charge in [-0.2, -0.15) is 0 Å². The van der Waals surface area contributed by atoms with E-state index < -0.39 is 0 Å². The number of likely N-dealkylation sites (tertiary alicyclic amines) is 1. The quantitative estimate of drug-likeness (QED) is 0.885. The predicted octanol–water partition coefficient (Wildman–Crippen LogP) is 1.92. The molecule has 1 aliphatic heterocycles. The van der Waals surface area contributed by atoms with Gasteiger partial charge < -0.3 is 10.6 Å². The van der Waals surface area contributed by atoms with Crippen molar-refractivity contribution in [1.29, 1.82) is 0 Å². The summed E-state index contributed by atoms with van der Waals surface area (Å²) in [5.74, 6) is 1.35. The molecular weight excluding hydrogens is 224 g/mol. The molecule has 0 bridgehead atoms. The molecule has 0 radical (unpaired) electrons. The minimum atomic E-state index is 0.157. The fourth-order valence-electron chi connectivity index (χ4n) is 2.50. The van der Waals surface area contributed by atoms with Crippen LogP contribution >= 0.6 is 0 Å². The molecule has 2 atom stereocenters. The number of amides is 1. The first-order valence-electron chi connectivity index (χ1n) is 6.70. The van der Waals surface area contributed by atoms with Crippen molar-refractivity contribution in [3.05, 3.63) is 35.4 Å². The number of rotatable bonds is 3. The van der Waals surface area contributed by atoms with Gasteiger partial charge in [-0.15, -0.1) is 0 Å². The zero-order valence-electron chi connectivity index (χ0n) is 11.2. The van der Waals surface area contributed by atoms with Crippen LogP contribution in [0.4, 0.5) is 0 Å². The monoisotopic (exact) mass is 246 g/mol. The average Bonchev–Trinajstić information content (AvgIpc) is 2.69. The van der Waals surface area contributed by atoms with E-state index in [2.05, 4.69) is 13.8 Å². The largest absolute Gasteiger partial charge is 0.338 e. The Kier molecular flexibility index (Phi) is 4.02. The van der Waals surface area contributed by atoms with Gasteiger partial charge in [-0.25, -0.2) is 0 Å². The van der Waals surface area contributed by atoms with Crippen LogP contribution in [0.1, 0.15) is 29.8 Å². The highest BCUT2D eigenvalue weighted by atomic mass is 16.2. The van der Waals surface area contributed by atoms with Gasteiger partial charge in [0.05, 0.1) is 0 Å². The minimum absolute atomic E-state index is 0.157. The van der Waals surface area contributed by atoms with Gasteiger partial charge in [-0.1, -0.05) is 26.0 Å². The van der Waals surface area contributed by atoms with Crippen LogP contribution in [0.25, 0.3) is 0 Å². The van der Waals surface area contributed by atoms with E-state index in [-0.39, 0.29) is 5.91 Å². The lowest BCUT2D eigenvalue weighted by Gasteiger charge is -2.16. The molecule has 0 saturated carbocycles. The molecule has 1 aromatic carbocycles. The summed E-state index contributed by atoms with van der Waals surface area (Å²) in [4.78, 5) is 14.4. The summed E-state index contributed by atoms with van der Waals surface area (Å²) >= 11 is 0. The highest BCUT2D eigenvalue weighted by Gasteiger charge is 2.29. The van der Waals surface area contributed by atoms with E-state index >= 15 is 0 Å². The fraction of sp³-hybridized carbons (Fsp3) is 0.533. The summed E-state index contributed by atoms with van der Waals surface area (Å²) in [5.41, 5.74) is 7.49. The van der Waals surface area contributed by atoms with Gasteiger partial charge in [0.1, 0.15) is 0 Å². The Bertz CT molecular complexity index is 420. The van der Waals surface area contributed by atoms with E-state index in [1.54, 1.807) is 0 Å². The molecule has 1 amide bonds. The molecule has 2 unspecified atom stereocenters. The molecule has 0 spiro atoms. The molecule has 1 heterocycles. The third-order valence-electron chi connectivity index (χ3n) is 3.88. The molecule has 1 saturated heterocycles. The van der Waals surface area contributed by atoms with E-state index in [9.17, 15) is 4.79 Å². The molecule has 3 heteroatoms. The number of carbonyl (C=O) groups excluding carboxylic acids is 1. The first-order valence-corrected chi connectivity index (χ1v) is 6.70. The SMILES string of the molecule is CC1CN(C(=O)c2cccc(CCN)c2)CC1C. The molecule has 2 N–H and O–H groups in total. The highest BCUT2D eigenvalue weighted by molar-refractivity contribution is 5.94. The Morgan fingerprint density at radius 3 is 2.61 bits per heavy atom. The van der Waals surface area contributed by atoms with Crippen LogP contribution in [0, 0.1) is 11.8 Å². The number of hydrogen-bond donors (Lipinski definition) is 1. The van der Waals surface area contributed by atoms with Crippen LogP contribution in [-0.2, 0) is 6.42 Å². The number of benzene rings is 1. The Morgan fingerprint density at radius 1 is 1.33 bits per heavy atom. The zero-order chi connectivity index (χ0) is 13.1. The standard InChI is InChI=1S/C15H22N2O/c1-11-9-17(10-12(11)2)15(18)14-5-3-4-13(8-14)6-7-16/h3-5,8,11-12H,6-7,9-10,16H2,1-2H3. The van der Waals surface area contributed by atoms with Gasteiger partial charge in [0.15, 0.2) is 0 Å². The van der Waals surface area contributed by atoms with Crippen LogP contribution in [0.2, 0.25) is 0 Å². The predicted molar refractivity (Wildman–Crippen MR) is 73.4 cm³/mol. The number of nitrogens with zero attached hydrogens (tertiary/aromatic N) is 1. The molecule has 1 aromatic rings. The van der Waals surface area contributed by atoms with Crippen molar-refractivity contribution in [2.75, 3.05) is 19.6 Å². The topological polar surface area (TPSA) is 46.3 Å². The van der Waals surface area contributed by atoms with Crippen LogP contribution in [-0.4, -0.2) is 30.4 Å². The lowest BCUT2D eigenvalue weighted by molar-refractivity contribution is 0.0785.